The first-order valence-corrected chi connectivity index (χ1v) is 8.64. The number of anilines is 1. The van der Waals surface area contributed by atoms with Crippen LogP contribution in [0.25, 0.3) is 6.20 Å². The van der Waals surface area contributed by atoms with Crippen LogP contribution in [0.1, 0.15) is 6.42 Å². The standard InChI is InChI=1S/C17H13FN4O3S/c1-2-5-20-13-9-12(11(18)8-14(13)25-10-15(20)23)19-16-21-6-3-4-7-22(21)17(24)26-16/h1,4,7-9H,3,5-6,10H2. The number of hydrogen-bond acceptors (Lipinski definition) is 5. The molecule has 4 rings (SSSR count). The smallest absolute Gasteiger partial charge is 0.329 e. The van der Waals surface area contributed by atoms with Crippen LogP contribution in [-0.4, -0.2) is 28.4 Å². The Labute approximate surface area is 151 Å². The Balaban J connectivity index is 1.87. The zero-order valence-corrected chi connectivity index (χ0v) is 14.3. The number of allylic oxidation sites excluding steroid dienone is 1. The number of rotatable bonds is 2. The Morgan fingerprint density at radius 2 is 2.23 bits per heavy atom. The van der Waals surface area contributed by atoms with Crippen LogP contribution >= 0.6 is 11.3 Å². The van der Waals surface area contributed by atoms with Crippen LogP contribution in [0.4, 0.5) is 15.8 Å². The zero-order valence-electron chi connectivity index (χ0n) is 13.5. The van der Waals surface area contributed by atoms with Crippen LogP contribution in [-0.2, 0) is 11.3 Å². The minimum atomic E-state index is -0.606. The van der Waals surface area contributed by atoms with Crippen molar-refractivity contribution in [1.29, 1.82) is 0 Å². The van der Waals surface area contributed by atoms with E-state index in [2.05, 4.69) is 10.9 Å². The number of halogens is 1. The molecular formula is C17H13FN4O3S. The lowest BCUT2D eigenvalue weighted by Gasteiger charge is -2.28. The maximum absolute atomic E-state index is 14.5. The highest BCUT2D eigenvalue weighted by molar-refractivity contribution is 7.06. The Hall–Kier alpha value is -3.12. The molecule has 0 unspecified atom stereocenters. The van der Waals surface area contributed by atoms with Gasteiger partial charge in [-0.25, -0.2) is 14.1 Å². The SMILES string of the molecule is C#CCN1C(=O)COc2cc(F)c(N=c3sc(=O)n4n3CCC=C4)cc21. The predicted octanol–water partition coefficient (Wildman–Crippen LogP) is 1.32. The zero-order chi connectivity index (χ0) is 18.3. The molecule has 1 aromatic carbocycles. The largest absolute Gasteiger partial charge is 0.481 e. The van der Waals surface area contributed by atoms with E-state index in [1.54, 1.807) is 10.9 Å². The quantitative estimate of drug-likeness (QED) is 0.747. The fourth-order valence-corrected chi connectivity index (χ4v) is 3.67. The van der Waals surface area contributed by atoms with Crippen molar-refractivity contribution in [2.45, 2.75) is 13.0 Å². The number of ether oxygens (including phenoxy) is 1. The number of terminal acetylenes is 1. The molecule has 2 aliphatic heterocycles. The number of fused-ring (bicyclic) bond motifs is 2. The molecule has 2 aromatic rings. The van der Waals surface area contributed by atoms with E-state index >= 15 is 0 Å². The van der Waals surface area contributed by atoms with E-state index in [1.807, 2.05) is 6.08 Å². The van der Waals surface area contributed by atoms with Gasteiger partial charge in [-0.1, -0.05) is 12.0 Å². The van der Waals surface area contributed by atoms with Crippen molar-refractivity contribution < 1.29 is 13.9 Å². The van der Waals surface area contributed by atoms with Crippen LogP contribution in [0.15, 0.2) is 28.0 Å². The summed E-state index contributed by atoms with van der Waals surface area (Å²) in [6.07, 6.45) is 9.64. The number of hydrogen-bond donors (Lipinski definition) is 0. The van der Waals surface area contributed by atoms with Crippen molar-refractivity contribution in [2.75, 3.05) is 18.1 Å². The summed E-state index contributed by atoms with van der Waals surface area (Å²) < 4.78 is 22.9. The maximum atomic E-state index is 14.5. The van der Waals surface area contributed by atoms with E-state index in [9.17, 15) is 14.0 Å². The van der Waals surface area contributed by atoms with E-state index in [0.29, 0.717) is 17.0 Å². The third-order valence-electron chi connectivity index (χ3n) is 4.04. The monoisotopic (exact) mass is 372 g/mol. The molecule has 0 radical (unpaired) electrons. The van der Waals surface area contributed by atoms with Gasteiger partial charge >= 0.3 is 4.87 Å². The summed E-state index contributed by atoms with van der Waals surface area (Å²) in [5.74, 6) is 1.73. The van der Waals surface area contributed by atoms with Gasteiger partial charge in [0, 0.05) is 18.8 Å². The van der Waals surface area contributed by atoms with Gasteiger partial charge < -0.3 is 4.74 Å². The highest BCUT2D eigenvalue weighted by Gasteiger charge is 2.26. The Morgan fingerprint density at radius 1 is 1.38 bits per heavy atom. The highest BCUT2D eigenvalue weighted by Crippen LogP contribution is 2.37. The minimum Gasteiger partial charge on any atom is -0.481 e. The first kappa shape index (κ1) is 16.4. The molecule has 0 N–H and O–H groups in total. The molecule has 0 bridgehead atoms. The van der Waals surface area contributed by atoms with Crippen molar-refractivity contribution in [3.05, 3.63) is 38.5 Å². The number of aromatic nitrogens is 2. The number of nitrogens with zero attached hydrogens (tertiary/aromatic N) is 4. The second-order valence-corrected chi connectivity index (χ2v) is 6.57. The fraction of sp³-hybridized carbons (Fsp3) is 0.235. The van der Waals surface area contributed by atoms with E-state index in [1.165, 1.54) is 21.7 Å². The molecule has 0 fully saturated rings. The average molecular weight is 372 g/mol. The molecule has 0 spiro atoms. The molecule has 0 aliphatic carbocycles. The van der Waals surface area contributed by atoms with E-state index in [-0.39, 0.29) is 35.4 Å². The van der Waals surface area contributed by atoms with E-state index in [0.717, 1.165) is 17.8 Å². The lowest BCUT2D eigenvalue weighted by molar-refractivity contribution is -0.121. The van der Waals surface area contributed by atoms with Crippen molar-refractivity contribution in [2.24, 2.45) is 4.99 Å². The van der Waals surface area contributed by atoms with Crippen LogP contribution in [0.2, 0.25) is 0 Å². The van der Waals surface area contributed by atoms with Crippen molar-refractivity contribution in [1.82, 2.24) is 9.36 Å². The molecule has 3 heterocycles. The first-order valence-electron chi connectivity index (χ1n) is 7.82. The molecule has 0 saturated carbocycles. The lowest BCUT2D eigenvalue weighted by atomic mass is 10.2. The van der Waals surface area contributed by atoms with Crippen LogP contribution in [0, 0.1) is 18.2 Å². The highest BCUT2D eigenvalue weighted by atomic mass is 32.1. The molecule has 9 heteroatoms. The summed E-state index contributed by atoms with van der Waals surface area (Å²) in [6.45, 7) is 0.432. The number of benzene rings is 1. The number of carbonyl (C=O) groups excluding carboxylic acids is 1. The predicted molar refractivity (Wildman–Crippen MR) is 94.8 cm³/mol. The van der Waals surface area contributed by atoms with Gasteiger partial charge in [0.25, 0.3) is 5.91 Å². The normalized spacial score (nSPS) is 16.1. The summed E-state index contributed by atoms with van der Waals surface area (Å²) in [4.78, 5) is 29.9. The molecule has 7 nitrogen and oxygen atoms in total. The average Bonchev–Trinajstić information content (AvgIpc) is 2.95. The van der Waals surface area contributed by atoms with Crippen LogP contribution in [0.5, 0.6) is 5.75 Å². The second-order valence-electron chi connectivity index (χ2n) is 5.65. The lowest BCUT2D eigenvalue weighted by Crippen LogP contribution is -2.39. The Kier molecular flexibility index (Phi) is 3.97. The van der Waals surface area contributed by atoms with Crippen LogP contribution < -0.4 is 19.3 Å². The minimum absolute atomic E-state index is 0.00998. The van der Waals surface area contributed by atoms with Gasteiger partial charge in [-0.05, 0) is 23.8 Å². The van der Waals surface area contributed by atoms with E-state index in [4.69, 9.17) is 11.2 Å². The fourth-order valence-electron chi connectivity index (χ4n) is 2.83. The molecule has 1 aromatic heterocycles. The van der Waals surface area contributed by atoms with Gasteiger partial charge in [0.15, 0.2) is 12.4 Å². The molecule has 2 aliphatic rings. The maximum Gasteiger partial charge on any atom is 0.329 e. The summed E-state index contributed by atoms with van der Waals surface area (Å²) >= 11 is 0.924. The molecule has 0 saturated heterocycles. The van der Waals surface area contributed by atoms with Gasteiger partial charge in [0.1, 0.15) is 11.4 Å². The molecule has 26 heavy (non-hydrogen) atoms. The van der Waals surface area contributed by atoms with Gasteiger partial charge in [-0.2, -0.15) is 0 Å². The van der Waals surface area contributed by atoms with Gasteiger partial charge in [-0.3, -0.25) is 19.2 Å². The van der Waals surface area contributed by atoms with Crippen molar-refractivity contribution >= 4 is 34.8 Å². The third kappa shape index (κ3) is 2.64. The number of carbonyl (C=O) groups is 1. The van der Waals surface area contributed by atoms with E-state index < -0.39 is 5.82 Å². The van der Waals surface area contributed by atoms with Crippen LogP contribution in [0.3, 0.4) is 0 Å². The van der Waals surface area contributed by atoms with Gasteiger partial charge in [0.05, 0.1) is 12.2 Å². The summed E-state index contributed by atoms with van der Waals surface area (Å²) in [5.41, 5.74) is 0.375. The number of amides is 1. The Bertz CT molecular complexity index is 1100. The molecular weight excluding hydrogens is 359 g/mol. The van der Waals surface area contributed by atoms with Gasteiger partial charge in [0.2, 0.25) is 4.80 Å². The molecule has 132 valence electrons. The third-order valence-corrected chi connectivity index (χ3v) is 4.88. The van der Waals surface area contributed by atoms with Crippen molar-refractivity contribution in [3.8, 4) is 18.1 Å². The summed E-state index contributed by atoms with van der Waals surface area (Å²) in [5, 5.41) is 0. The second kappa shape index (κ2) is 6.31. The topological polar surface area (TPSA) is 68.8 Å². The van der Waals surface area contributed by atoms with Crippen molar-refractivity contribution in [3.63, 3.8) is 0 Å². The summed E-state index contributed by atoms with van der Waals surface area (Å²) in [6, 6.07) is 2.60. The Morgan fingerprint density at radius 3 is 3.04 bits per heavy atom. The summed E-state index contributed by atoms with van der Waals surface area (Å²) in [7, 11) is 0. The molecule has 0 atom stereocenters. The first-order chi connectivity index (χ1) is 12.6. The van der Waals surface area contributed by atoms with Gasteiger partial charge in [-0.15, -0.1) is 6.42 Å². The molecule has 1 amide bonds.